The van der Waals surface area contributed by atoms with E-state index in [0.29, 0.717) is 0 Å². The minimum atomic E-state index is 0.919. The maximum atomic E-state index is 4.97. The van der Waals surface area contributed by atoms with Crippen molar-refractivity contribution in [2.45, 2.75) is 6.92 Å². The summed E-state index contributed by atoms with van der Waals surface area (Å²) >= 11 is 1.99. The van der Waals surface area contributed by atoms with Crippen LogP contribution in [0.15, 0.2) is 54.6 Å². The first-order valence-corrected chi connectivity index (χ1v) is 6.21. The normalized spacial score (nSPS) is 8.94. The molecule has 0 aliphatic carbocycles. The van der Waals surface area contributed by atoms with Crippen LogP contribution in [0, 0.1) is 10.5 Å². The summed E-state index contributed by atoms with van der Waals surface area (Å²) in [6.07, 6.45) is 0. The van der Waals surface area contributed by atoms with Gasteiger partial charge in [-0.2, -0.15) is 0 Å². The average Bonchev–Trinajstić information content (AvgIpc) is 2.32. The van der Waals surface area contributed by atoms with Gasteiger partial charge in [-0.25, -0.2) is 0 Å². The molecule has 0 saturated carbocycles. The molecule has 2 heteroatoms. The quantitative estimate of drug-likeness (QED) is 0.678. The molecule has 0 amide bonds. The fourth-order valence-electron chi connectivity index (χ4n) is 1.11. The second-order valence-electron chi connectivity index (χ2n) is 3.33. The van der Waals surface area contributed by atoms with Gasteiger partial charge < -0.3 is 4.74 Å². The molecule has 0 spiro atoms. The summed E-state index contributed by atoms with van der Waals surface area (Å²) in [6.45, 7) is 2.08. The largest absolute Gasteiger partial charge is 0.497 e. The van der Waals surface area contributed by atoms with Crippen LogP contribution in [-0.2, 0) is 0 Å². The summed E-state index contributed by atoms with van der Waals surface area (Å²) in [5.41, 5.74) is 1.32. The molecule has 1 nitrogen and oxygen atoms in total. The van der Waals surface area contributed by atoms with Crippen LogP contribution in [0.4, 0.5) is 0 Å². The lowest BCUT2D eigenvalue weighted by Crippen LogP contribution is -3.34. The topological polar surface area (TPSA) is 9.23 Å². The Bertz CT molecular complexity index is 395. The summed E-state index contributed by atoms with van der Waals surface area (Å²) < 4.78 is 6.24. The summed E-state index contributed by atoms with van der Waals surface area (Å²) in [6, 6.07) is 18.2. The predicted molar refractivity (Wildman–Crippen MR) is 64.3 cm³/mol. The molecule has 0 fully saturated rings. The Kier molecular flexibility index (Phi) is 5.93. The number of methoxy groups -OCH3 is 1. The van der Waals surface area contributed by atoms with E-state index in [0.717, 1.165) is 5.75 Å². The van der Waals surface area contributed by atoms with E-state index in [2.05, 4.69) is 19.1 Å². The molecule has 0 N–H and O–H groups in total. The fourth-order valence-corrected chi connectivity index (χ4v) is 1.50. The first kappa shape index (κ1) is 13.0. The van der Waals surface area contributed by atoms with Crippen LogP contribution in [0.5, 0.6) is 5.75 Å². The van der Waals surface area contributed by atoms with Crippen LogP contribution >= 0.6 is 0 Å². The third-order valence-corrected chi connectivity index (χ3v) is 2.78. The summed E-state index contributed by atoms with van der Waals surface area (Å²) in [4.78, 5) is 0. The first-order chi connectivity index (χ1) is 7.72. The van der Waals surface area contributed by atoms with Gasteiger partial charge in [0.25, 0.3) is 22.6 Å². The third kappa shape index (κ3) is 5.16. The van der Waals surface area contributed by atoms with Crippen LogP contribution in [-0.4, -0.2) is 7.11 Å². The van der Waals surface area contributed by atoms with Gasteiger partial charge >= 0.3 is 0 Å². The zero-order valence-corrected chi connectivity index (χ0v) is 11.8. The highest BCUT2D eigenvalue weighted by atomic mass is 127. The molecule has 0 heterocycles. The zero-order valence-electron chi connectivity index (χ0n) is 9.51. The molecular weight excluding hydrogens is 311 g/mol. The van der Waals surface area contributed by atoms with Gasteiger partial charge in [0.1, 0.15) is 5.75 Å². The summed E-state index contributed by atoms with van der Waals surface area (Å²) in [5, 5.41) is 0. The van der Waals surface area contributed by atoms with Crippen molar-refractivity contribution in [2.75, 3.05) is 7.11 Å². The molecule has 84 valence electrons. The highest BCUT2D eigenvalue weighted by Gasteiger charge is 1.93. The molecule has 2 aromatic carbocycles. The molecule has 0 saturated heterocycles. The van der Waals surface area contributed by atoms with Crippen LogP contribution in [0.1, 0.15) is 5.56 Å². The van der Waals surface area contributed by atoms with Crippen molar-refractivity contribution >= 4 is 0 Å². The Morgan fingerprint density at radius 3 is 1.81 bits per heavy atom. The van der Waals surface area contributed by atoms with Crippen molar-refractivity contribution in [3.63, 3.8) is 0 Å². The number of hydrogen-bond acceptors (Lipinski definition) is 1. The van der Waals surface area contributed by atoms with Crippen molar-refractivity contribution in [3.8, 4) is 5.75 Å². The van der Waals surface area contributed by atoms with E-state index in [-0.39, 0.29) is 0 Å². The van der Waals surface area contributed by atoms with E-state index in [1.54, 1.807) is 7.11 Å². The second kappa shape index (κ2) is 7.28. The van der Waals surface area contributed by atoms with Crippen molar-refractivity contribution in [1.29, 1.82) is 0 Å². The van der Waals surface area contributed by atoms with Crippen molar-refractivity contribution in [1.82, 2.24) is 0 Å². The molecule has 0 bridgehead atoms. The van der Waals surface area contributed by atoms with Gasteiger partial charge in [-0.3, -0.25) is 0 Å². The number of benzene rings is 2. The van der Waals surface area contributed by atoms with Gasteiger partial charge in [0, 0.05) is 0 Å². The lowest BCUT2D eigenvalue weighted by atomic mass is 10.2. The van der Waals surface area contributed by atoms with E-state index in [1.165, 1.54) is 9.13 Å². The Labute approximate surface area is 111 Å². The Morgan fingerprint density at radius 2 is 1.44 bits per heavy atom. The maximum Gasteiger partial charge on any atom is 0.296 e. The molecule has 2 rings (SSSR count). The number of hydrogen-bond donors (Lipinski definition) is 0. The van der Waals surface area contributed by atoms with Crippen molar-refractivity contribution in [3.05, 3.63) is 63.7 Å². The van der Waals surface area contributed by atoms with E-state index >= 15 is 0 Å². The van der Waals surface area contributed by atoms with Crippen LogP contribution in [0.2, 0.25) is 0 Å². The number of rotatable bonds is 1. The Balaban J connectivity index is 0.000000165. The highest BCUT2D eigenvalue weighted by Crippen LogP contribution is 2.05. The minimum Gasteiger partial charge on any atom is -0.497 e. The predicted octanol–water partition coefficient (Wildman–Crippen LogP) is 0.145. The van der Waals surface area contributed by atoms with Gasteiger partial charge in [-0.05, 0) is 31.2 Å². The molecule has 0 radical (unpaired) electrons. The van der Waals surface area contributed by atoms with Gasteiger partial charge in [-0.1, -0.05) is 35.9 Å². The fraction of sp³-hybridized carbons (Fsp3) is 0.143. The Hall–Kier alpha value is -1.03. The Morgan fingerprint density at radius 1 is 0.875 bits per heavy atom. The van der Waals surface area contributed by atoms with Crippen LogP contribution < -0.4 is 27.3 Å². The summed E-state index contributed by atoms with van der Waals surface area (Å²) in [5.74, 6) is 0.919. The van der Waals surface area contributed by atoms with Crippen molar-refractivity contribution < 1.29 is 27.3 Å². The minimum absolute atomic E-state index is 0.919. The third-order valence-electron chi connectivity index (χ3n) is 2.00. The number of aryl methyl sites for hydroxylation is 1. The zero-order chi connectivity index (χ0) is 11.8. The number of halogens is 1. The molecule has 0 atom stereocenters. The lowest BCUT2D eigenvalue weighted by molar-refractivity contribution is -0.328. The second-order valence-corrected chi connectivity index (χ2v) is 4.68. The van der Waals surface area contributed by atoms with Crippen molar-refractivity contribution in [2.24, 2.45) is 0 Å². The molecule has 0 aromatic heterocycles. The standard InChI is InChI=1S/C7H8IO.C7H8/c1-9-7-4-2-6(8)3-5-7;1-7-5-3-2-4-6-7/h2-5,8H,1H3;2-6H,1H3/q+1;. The van der Waals surface area contributed by atoms with E-state index in [4.69, 9.17) is 4.74 Å². The lowest BCUT2D eigenvalue weighted by Gasteiger charge is -1.94. The highest BCUT2D eigenvalue weighted by molar-refractivity contribution is 5.20. The SMILES string of the molecule is COc1ccc([IH+])cc1.Cc1ccccc1. The maximum absolute atomic E-state index is 4.97. The molecular formula is C14H16IO+. The van der Waals surface area contributed by atoms with E-state index in [1.807, 2.05) is 65.1 Å². The number of ether oxygens (including phenoxy) is 1. The van der Waals surface area contributed by atoms with Gasteiger partial charge in [-0.15, -0.1) is 0 Å². The molecule has 0 aliphatic rings. The van der Waals surface area contributed by atoms with Crippen LogP contribution in [0.25, 0.3) is 0 Å². The van der Waals surface area contributed by atoms with Gasteiger partial charge in [0.2, 0.25) is 0 Å². The molecule has 0 unspecified atom stereocenters. The van der Waals surface area contributed by atoms with Gasteiger partial charge in [0.05, 0.1) is 7.11 Å². The molecule has 0 aliphatic heterocycles. The monoisotopic (exact) mass is 327 g/mol. The molecule has 16 heavy (non-hydrogen) atoms. The average molecular weight is 327 g/mol. The van der Waals surface area contributed by atoms with Gasteiger partial charge in [0.15, 0.2) is 3.57 Å². The van der Waals surface area contributed by atoms with E-state index < -0.39 is 0 Å². The van der Waals surface area contributed by atoms with Crippen LogP contribution in [0.3, 0.4) is 0 Å². The first-order valence-electron chi connectivity index (χ1n) is 5.05. The smallest absolute Gasteiger partial charge is 0.296 e. The summed E-state index contributed by atoms with van der Waals surface area (Å²) in [7, 11) is 1.67. The molecule has 2 aromatic rings. The van der Waals surface area contributed by atoms with E-state index in [9.17, 15) is 0 Å².